The first-order valence-electron chi connectivity index (χ1n) is 9.16. The zero-order valence-corrected chi connectivity index (χ0v) is 15.4. The first-order valence-corrected chi connectivity index (χ1v) is 9.16. The summed E-state index contributed by atoms with van der Waals surface area (Å²) >= 11 is 0. The molecule has 0 aromatic heterocycles. The molecule has 0 spiro atoms. The van der Waals surface area contributed by atoms with Gasteiger partial charge in [0.25, 0.3) is 0 Å². The van der Waals surface area contributed by atoms with Crippen LogP contribution in [0.4, 0.5) is 4.79 Å². The zero-order valence-electron chi connectivity index (χ0n) is 15.4. The van der Waals surface area contributed by atoms with E-state index < -0.39 is 18.1 Å². The van der Waals surface area contributed by atoms with Gasteiger partial charge in [-0.15, -0.1) is 0 Å². The highest BCUT2D eigenvalue weighted by atomic mass is 16.6. The number of rotatable bonds is 10. The third kappa shape index (κ3) is 7.92. The van der Waals surface area contributed by atoms with Crippen molar-refractivity contribution in [2.75, 3.05) is 6.54 Å². The number of amides is 1. The molecule has 0 bridgehead atoms. The highest BCUT2D eigenvalue weighted by Crippen LogP contribution is 2.07. The van der Waals surface area contributed by atoms with E-state index >= 15 is 0 Å². The molecule has 0 heterocycles. The van der Waals surface area contributed by atoms with Crippen LogP contribution in [0, 0.1) is 0 Å². The minimum Gasteiger partial charge on any atom is -0.459 e. The molecule has 0 aliphatic rings. The lowest BCUT2D eigenvalue weighted by Crippen LogP contribution is -2.50. The van der Waals surface area contributed by atoms with Crippen LogP contribution in [-0.2, 0) is 27.5 Å². The number of alkyl carbamates (subject to hydrolysis) is 1. The van der Waals surface area contributed by atoms with Crippen molar-refractivity contribution in [3.63, 3.8) is 0 Å². The fraction of sp³-hybridized carbons (Fsp3) is 0.333. The molecule has 0 aliphatic carbocycles. The molecule has 144 valence electrons. The van der Waals surface area contributed by atoms with Crippen molar-refractivity contribution in [2.45, 2.75) is 38.5 Å². The number of esters is 1. The van der Waals surface area contributed by atoms with Crippen LogP contribution in [0.3, 0.4) is 0 Å². The summed E-state index contributed by atoms with van der Waals surface area (Å²) in [6.07, 6.45) is 1.51. The van der Waals surface area contributed by atoms with Gasteiger partial charge in [0.1, 0.15) is 19.3 Å². The maximum Gasteiger partial charge on any atom is 0.408 e. The highest BCUT2D eigenvalue weighted by Gasteiger charge is 2.22. The summed E-state index contributed by atoms with van der Waals surface area (Å²) in [5, 5.41) is 2.63. The second-order valence-electron chi connectivity index (χ2n) is 6.20. The van der Waals surface area contributed by atoms with Crippen molar-refractivity contribution in [1.82, 2.24) is 5.32 Å². The Morgan fingerprint density at radius 3 is 1.96 bits per heavy atom. The molecule has 1 atom stereocenters. The quantitative estimate of drug-likeness (QED) is 0.496. The molecular formula is C21H27N2O4+. The summed E-state index contributed by atoms with van der Waals surface area (Å²) in [6, 6.07) is 18.1. The maximum atomic E-state index is 12.4. The number of nitrogens with one attached hydrogen (secondary N) is 1. The molecule has 4 N–H and O–H groups in total. The Balaban J connectivity index is 1.85. The van der Waals surface area contributed by atoms with Crippen LogP contribution in [0.15, 0.2) is 60.7 Å². The van der Waals surface area contributed by atoms with Gasteiger partial charge in [0.05, 0.1) is 6.54 Å². The zero-order chi connectivity index (χ0) is 19.3. The van der Waals surface area contributed by atoms with E-state index in [0.29, 0.717) is 6.42 Å². The Labute approximate surface area is 159 Å². The number of hydrogen-bond acceptors (Lipinski definition) is 4. The number of carbonyl (C=O) groups is 2. The fourth-order valence-corrected chi connectivity index (χ4v) is 2.51. The topological polar surface area (TPSA) is 92.3 Å². The van der Waals surface area contributed by atoms with E-state index in [9.17, 15) is 9.59 Å². The van der Waals surface area contributed by atoms with E-state index in [-0.39, 0.29) is 13.2 Å². The van der Waals surface area contributed by atoms with Gasteiger partial charge in [-0.3, -0.25) is 0 Å². The van der Waals surface area contributed by atoms with Crippen molar-refractivity contribution in [3.8, 4) is 0 Å². The maximum absolute atomic E-state index is 12.4. The van der Waals surface area contributed by atoms with E-state index in [1.165, 1.54) is 0 Å². The second-order valence-corrected chi connectivity index (χ2v) is 6.20. The van der Waals surface area contributed by atoms with Gasteiger partial charge in [-0.2, -0.15) is 0 Å². The number of unbranched alkanes of at least 4 members (excludes halogenated alkanes) is 1. The third-order valence-electron chi connectivity index (χ3n) is 4.01. The number of quaternary nitrogens is 1. The summed E-state index contributed by atoms with van der Waals surface area (Å²) in [5.41, 5.74) is 5.58. The molecule has 0 saturated carbocycles. The third-order valence-corrected chi connectivity index (χ3v) is 4.01. The van der Waals surface area contributed by atoms with E-state index in [4.69, 9.17) is 9.47 Å². The Hall–Kier alpha value is -2.86. The van der Waals surface area contributed by atoms with Crippen molar-refractivity contribution in [3.05, 3.63) is 71.8 Å². The molecule has 27 heavy (non-hydrogen) atoms. The smallest absolute Gasteiger partial charge is 0.408 e. The summed E-state index contributed by atoms with van der Waals surface area (Å²) in [4.78, 5) is 24.5. The van der Waals surface area contributed by atoms with E-state index in [2.05, 4.69) is 11.1 Å². The van der Waals surface area contributed by atoms with Gasteiger partial charge in [-0.1, -0.05) is 60.7 Å². The minimum atomic E-state index is -0.733. The Morgan fingerprint density at radius 2 is 1.41 bits per heavy atom. The average molecular weight is 371 g/mol. The monoisotopic (exact) mass is 371 g/mol. The van der Waals surface area contributed by atoms with Crippen LogP contribution in [0.25, 0.3) is 0 Å². The van der Waals surface area contributed by atoms with Crippen LogP contribution in [0.1, 0.15) is 30.4 Å². The van der Waals surface area contributed by atoms with Crippen LogP contribution in [0.2, 0.25) is 0 Å². The van der Waals surface area contributed by atoms with E-state index in [0.717, 1.165) is 30.5 Å². The minimum absolute atomic E-state index is 0.150. The lowest BCUT2D eigenvalue weighted by molar-refractivity contribution is -0.368. The molecule has 2 aromatic rings. The Morgan fingerprint density at radius 1 is 0.852 bits per heavy atom. The number of ether oxygens (including phenoxy) is 2. The van der Waals surface area contributed by atoms with Gasteiger partial charge in [0.2, 0.25) is 0 Å². The van der Waals surface area contributed by atoms with Crippen LogP contribution >= 0.6 is 0 Å². The Bertz CT molecular complexity index is 692. The molecule has 0 aliphatic heterocycles. The van der Waals surface area contributed by atoms with Crippen LogP contribution < -0.4 is 11.1 Å². The predicted molar refractivity (Wildman–Crippen MR) is 101 cm³/mol. The van der Waals surface area contributed by atoms with Crippen molar-refractivity contribution >= 4 is 12.1 Å². The van der Waals surface area contributed by atoms with Crippen LogP contribution in [-0.4, -0.2) is 24.6 Å². The lowest BCUT2D eigenvalue weighted by Gasteiger charge is -2.17. The molecule has 2 aromatic carbocycles. The fourth-order valence-electron chi connectivity index (χ4n) is 2.51. The second kappa shape index (κ2) is 11.7. The highest BCUT2D eigenvalue weighted by molar-refractivity contribution is 5.81. The molecule has 0 radical (unpaired) electrons. The summed E-state index contributed by atoms with van der Waals surface area (Å²) in [7, 11) is 0. The first kappa shape index (κ1) is 20.5. The molecule has 6 nitrogen and oxygen atoms in total. The molecule has 0 saturated heterocycles. The SMILES string of the molecule is [NH3+]CCCC[C@@H](NC(=O)OCc1ccccc1)C(=O)OCc1ccccc1. The number of hydrogen-bond donors (Lipinski definition) is 2. The van der Waals surface area contributed by atoms with Crippen molar-refractivity contribution < 1.29 is 24.8 Å². The van der Waals surface area contributed by atoms with Crippen LogP contribution in [0.5, 0.6) is 0 Å². The van der Waals surface area contributed by atoms with Crippen molar-refractivity contribution in [1.29, 1.82) is 0 Å². The normalized spacial score (nSPS) is 11.4. The summed E-state index contributed by atoms with van der Waals surface area (Å²) in [6.45, 7) is 1.10. The largest absolute Gasteiger partial charge is 0.459 e. The van der Waals surface area contributed by atoms with E-state index in [1.807, 2.05) is 60.7 Å². The van der Waals surface area contributed by atoms with Gasteiger partial charge in [0.15, 0.2) is 0 Å². The predicted octanol–water partition coefficient (Wildman–Crippen LogP) is 2.44. The Kier molecular flexibility index (Phi) is 8.86. The molecule has 6 heteroatoms. The molecule has 0 unspecified atom stereocenters. The molecular weight excluding hydrogens is 344 g/mol. The molecule has 2 rings (SSSR count). The first-order chi connectivity index (χ1) is 13.2. The summed E-state index contributed by atoms with van der Waals surface area (Å²) < 4.78 is 10.6. The number of benzene rings is 2. The molecule has 1 amide bonds. The molecule has 0 fully saturated rings. The standard InChI is InChI=1S/C21H26N2O4/c22-14-8-7-13-19(20(24)26-15-17-9-3-1-4-10-17)23-21(25)27-16-18-11-5-2-6-12-18/h1-6,9-12,19H,7-8,13-16,22H2,(H,23,25)/p+1/t19-/m1/s1. The summed E-state index contributed by atoms with van der Waals surface area (Å²) in [5.74, 6) is -0.459. The lowest BCUT2D eigenvalue weighted by atomic mass is 10.1. The van der Waals surface area contributed by atoms with Gasteiger partial charge in [0, 0.05) is 0 Å². The average Bonchev–Trinajstić information content (AvgIpc) is 2.71. The van der Waals surface area contributed by atoms with Gasteiger partial charge in [-0.25, -0.2) is 9.59 Å². The van der Waals surface area contributed by atoms with Gasteiger partial charge in [-0.05, 0) is 30.4 Å². The van der Waals surface area contributed by atoms with Gasteiger partial charge < -0.3 is 20.5 Å². The van der Waals surface area contributed by atoms with Crippen molar-refractivity contribution in [2.24, 2.45) is 0 Å². The van der Waals surface area contributed by atoms with Gasteiger partial charge >= 0.3 is 12.1 Å². The number of carbonyl (C=O) groups excluding carboxylic acids is 2. The van der Waals surface area contributed by atoms with E-state index in [1.54, 1.807) is 0 Å².